The molecule has 2 aromatic carbocycles. The van der Waals surface area contributed by atoms with E-state index in [1.807, 2.05) is 12.1 Å². The SMILES string of the molecule is O=C(O)c1ccc(-c2cc(Cl)c3oc(CNCO)cc3c2)cc1. The summed E-state index contributed by atoms with van der Waals surface area (Å²) in [4.78, 5) is 10.9. The number of fused-ring (bicyclic) bond motifs is 1. The molecule has 0 aliphatic rings. The van der Waals surface area contributed by atoms with Crippen LogP contribution >= 0.6 is 11.6 Å². The maximum atomic E-state index is 10.9. The van der Waals surface area contributed by atoms with Crippen molar-refractivity contribution in [3.05, 3.63) is 58.8 Å². The van der Waals surface area contributed by atoms with Crippen molar-refractivity contribution in [1.82, 2.24) is 5.32 Å². The molecular formula is C17H14ClNO4. The van der Waals surface area contributed by atoms with Crippen molar-refractivity contribution in [2.24, 2.45) is 0 Å². The predicted octanol–water partition coefficient (Wildman–Crippen LogP) is 3.49. The minimum atomic E-state index is -0.958. The highest BCUT2D eigenvalue weighted by atomic mass is 35.5. The van der Waals surface area contributed by atoms with E-state index in [9.17, 15) is 4.79 Å². The smallest absolute Gasteiger partial charge is 0.335 e. The summed E-state index contributed by atoms with van der Waals surface area (Å²) in [5.41, 5.74) is 2.57. The Morgan fingerprint density at radius 3 is 2.52 bits per heavy atom. The Kier molecular flexibility index (Phi) is 4.34. The highest BCUT2D eigenvalue weighted by molar-refractivity contribution is 6.35. The Morgan fingerprint density at radius 1 is 1.13 bits per heavy atom. The van der Waals surface area contributed by atoms with Gasteiger partial charge in [0.15, 0.2) is 5.58 Å². The highest BCUT2D eigenvalue weighted by Crippen LogP contribution is 2.33. The minimum absolute atomic E-state index is 0.133. The van der Waals surface area contributed by atoms with Gasteiger partial charge in [0.2, 0.25) is 0 Å². The van der Waals surface area contributed by atoms with Gasteiger partial charge in [0.05, 0.1) is 23.9 Å². The molecule has 5 nitrogen and oxygen atoms in total. The summed E-state index contributed by atoms with van der Waals surface area (Å²) in [5, 5.41) is 21.8. The van der Waals surface area contributed by atoms with Crippen molar-refractivity contribution in [3.8, 4) is 11.1 Å². The van der Waals surface area contributed by atoms with Crippen molar-refractivity contribution in [2.45, 2.75) is 6.54 Å². The summed E-state index contributed by atoms with van der Waals surface area (Å²) < 4.78 is 5.66. The zero-order valence-electron chi connectivity index (χ0n) is 12.0. The molecule has 0 unspecified atom stereocenters. The third-order valence-electron chi connectivity index (χ3n) is 3.50. The first-order valence-corrected chi connectivity index (χ1v) is 7.33. The number of hydrogen-bond donors (Lipinski definition) is 3. The van der Waals surface area contributed by atoms with Crippen LogP contribution in [0.3, 0.4) is 0 Å². The van der Waals surface area contributed by atoms with Crippen LogP contribution in [0.4, 0.5) is 0 Å². The van der Waals surface area contributed by atoms with Crippen molar-refractivity contribution < 1.29 is 19.4 Å². The maximum Gasteiger partial charge on any atom is 0.335 e. The van der Waals surface area contributed by atoms with Gasteiger partial charge in [-0.15, -0.1) is 0 Å². The van der Waals surface area contributed by atoms with Crippen LogP contribution in [-0.4, -0.2) is 22.9 Å². The van der Waals surface area contributed by atoms with Crippen LogP contribution in [0, 0.1) is 0 Å². The number of aromatic carboxylic acids is 1. The minimum Gasteiger partial charge on any atom is -0.478 e. The van der Waals surface area contributed by atoms with Crippen LogP contribution in [0.15, 0.2) is 46.9 Å². The molecule has 3 rings (SSSR count). The van der Waals surface area contributed by atoms with Crippen LogP contribution < -0.4 is 5.32 Å². The lowest BCUT2D eigenvalue weighted by Gasteiger charge is -2.04. The van der Waals surface area contributed by atoms with Gasteiger partial charge in [0, 0.05) is 5.39 Å². The molecular weight excluding hydrogens is 318 g/mol. The van der Waals surface area contributed by atoms with Crippen LogP contribution in [-0.2, 0) is 6.54 Å². The molecule has 0 saturated carbocycles. The molecule has 0 radical (unpaired) electrons. The number of aliphatic hydroxyl groups is 1. The Balaban J connectivity index is 1.99. The van der Waals surface area contributed by atoms with Gasteiger partial charge in [0.25, 0.3) is 0 Å². The van der Waals surface area contributed by atoms with Crippen molar-refractivity contribution in [2.75, 3.05) is 6.73 Å². The number of halogens is 1. The number of hydrogen-bond acceptors (Lipinski definition) is 4. The van der Waals surface area contributed by atoms with Gasteiger partial charge >= 0.3 is 5.97 Å². The molecule has 1 heterocycles. The molecule has 6 heteroatoms. The Hall–Kier alpha value is -2.34. The number of rotatable bonds is 5. The van der Waals surface area contributed by atoms with E-state index in [0.717, 1.165) is 16.5 Å². The van der Waals surface area contributed by atoms with Crippen molar-refractivity contribution in [1.29, 1.82) is 0 Å². The first kappa shape index (κ1) is 15.6. The van der Waals surface area contributed by atoms with E-state index in [1.165, 1.54) is 0 Å². The van der Waals surface area contributed by atoms with E-state index in [0.29, 0.717) is 22.9 Å². The number of benzene rings is 2. The molecule has 1 aromatic heterocycles. The average molecular weight is 332 g/mol. The monoisotopic (exact) mass is 331 g/mol. The van der Waals surface area contributed by atoms with Crippen molar-refractivity contribution in [3.63, 3.8) is 0 Å². The number of furan rings is 1. The summed E-state index contributed by atoms with van der Waals surface area (Å²) in [6.45, 7) is 0.274. The fraction of sp³-hybridized carbons (Fsp3) is 0.118. The molecule has 23 heavy (non-hydrogen) atoms. The molecule has 0 amide bonds. The van der Waals surface area contributed by atoms with Gasteiger partial charge in [0.1, 0.15) is 5.76 Å². The third-order valence-corrected chi connectivity index (χ3v) is 3.78. The van der Waals surface area contributed by atoms with E-state index < -0.39 is 5.97 Å². The summed E-state index contributed by atoms with van der Waals surface area (Å²) in [7, 11) is 0. The number of nitrogens with one attached hydrogen (secondary N) is 1. The lowest BCUT2D eigenvalue weighted by atomic mass is 10.0. The van der Waals surface area contributed by atoms with Gasteiger partial charge in [-0.05, 0) is 41.5 Å². The lowest BCUT2D eigenvalue weighted by Crippen LogP contribution is -2.12. The molecule has 0 saturated heterocycles. The topological polar surface area (TPSA) is 82.7 Å². The molecule has 3 aromatic rings. The summed E-state index contributed by atoms with van der Waals surface area (Å²) in [6, 6.07) is 12.2. The second kappa shape index (κ2) is 6.42. The zero-order valence-corrected chi connectivity index (χ0v) is 12.8. The molecule has 0 aliphatic heterocycles. The number of carboxylic acid groups (broad SMARTS) is 1. The van der Waals surface area contributed by atoms with E-state index in [-0.39, 0.29) is 12.3 Å². The molecule has 0 bridgehead atoms. The molecule has 0 spiro atoms. The summed E-state index contributed by atoms with van der Waals surface area (Å²) in [5.74, 6) is -0.282. The van der Waals surface area contributed by atoms with Crippen LogP contribution in [0.5, 0.6) is 0 Å². The fourth-order valence-electron chi connectivity index (χ4n) is 2.40. The van der Waals surface area contributed by atoms with Gasteiger partial charge in [-0.25, -0.2) is 4.79 Å². The Labute approximate surface area is 137 Å². The second-order valence-electron chi connectivity index (χ2n) is 5.06. The molecule has 0 atom stereocenters. The quantitative estimate of drug-likeness (QED) is 0.623. The zero-order chi connectivity index (χ0) is 16.4. The first-order chi connectivity index (χ1) is 11.1. The van der Waals surface area contributed by atoms with Gasteiger partial charge < -0.3 is 14.6 Å². The van der Waals surface area contributed by atoms with E-state index in [4.69, 9.17) is 26.2 Å². The van der Waals surface area contributed by atoms with Crippen LogP contribution in [0.25, 0.3) is 22.1 Å². The standard InChI is InChI=1S/C17H14ClNO4/c18-15-7-12(10-1-3-11(4-2-10)17(21)22)5-13-6-14(8-19-9-20)23-16(13)15/h1-7,19-20H,8-9H2,(H,21,22). The van der Waals surface area contributed by atoms with E-state index in [1.54, 1.807) is 30.3 Å². The number of aliphatic hydroxyl groups excluding tert-OH is 1. The van der Waals surface area contributed by atoms with Crippen LogP contribution in [0.1, 0.15) is 16.1 Å². The number of carbonyl (C=O) groups is 1. The largest absolute Gasteiger partial charge is 0.478 e. The fourth-order valence-corrected chi connectivity index (χ4v) is 2.67. The molecule has 118 valence electrons. The van der Waals surface area contributed by atoms with Crippen LogP contribution in [0.2, 0.25) is 5.02 Å². The van der Waals surface area contributed by atoms with Crippen molar-refractivity contribution >= 4 is 28.5 Å². The Bertz CT molecular complexity index is 855. The summed E-state index contributed by atoms with van der Waals surface area (Å²) in [6.07, 6.45) is 0. The molecule has 0 aliphatic carbocycles. The summed E-state index contributed by atoms with van der Waals surface area (Å²) >= 11 is 6.28. The van der Waals surface area contributed by atoms with Gasteiger partial charge in [-0.2, -0.15) is 0 Å². The highest BCUT2D eigenvalue weighted by Gasteiger charge is 2.11. The Morgan fingerprint density at radius 2 is 1.87 bits per heavy atom. The molecule has 3 N–H and O–H groups in total. The third kappa shape index (κ3) is 3.22. The lowest BCUT2D eigenvalue weighted by molar-refractivity contribution is 0.0697. The van der Waals surface area contributed by atoms with Gasteiger partial charge in [-0.1, -0.05) is 23.7 Å². The normalized spacial score (nSPS) is 11.0. The van der Waals surface area contributed by atoms with Gasteiger partial charge in [-0.3, -0.25) is 5.32 Å². The predicted molar refractivity (Wildman–Crippen MR) is 87.5 cm³/mol. The number of carboxylic acids is 1. The first-order valence-electron chi connectivity index (χ1n) is 6.96. The van der Waals surface area contributed by atoms with E-state index >= 15 is 0 Å². The second-order valence-corrected chi connectivity index (χ2v) is 5.46. The maximum absolute atomic E-state index is 10.9. The molecule has 0 fully saturated rings. The average Bonchev–Trinajstić information content (AvgIpc) is 2.96. The van der Waals surface area contributed by atoms with E-state index in [2.05, 4.69) is 5.32 Å².